The number of nitrogens with one attached hydrogen (secondary N) is 1. The third-order valence-electron chi connectivity index (χ3n) is 5.85. The van der Waals surface area contributed by atoms with Crippen LogP contribution in [-0.4, -0.2) is 18.5 Å². The summed E-state index contributed by atoms with van der Waals surface area (Å²) in [6, 6.07) is 9.46. The Labute approximate surface area is 171 Å². The second-order valence-electron chi connectivity index (χ2n) is 8.90. The molecular formula is C24H28FNO3. The second kappa shape index (κ2) is 7.62. The van der Waals surface area contributed by atoms with Crippen LogP contribution in [0.3, 0.4) is 0 Å². The van der Waals surface area contributed by atoms with Crippen molar-refractivity contribution in [2.45, 2.75) is 58.3 Å². The number of rotatable bonds is 4. The number of hydrogen-bond donors (Lipinski definition) is 1. The van der Waals surface area contributed by atoms with Gasteiger partial charge in [-0.25, -0.2) is 9.18 Å². The van der Waals surface area contributed by atoms with Gasteiger partial charge in [0.25, 0.3) is 5.91 Å². The van der Waals surface area contributed by atoms with E-state index in [0.29, 0.717) is 11.1 Å². The second-order valence-corrected chi connectivity index (χ2v) is 8.90. The molecule has 0 bridgehead atoms. The van der Waals surface area contributed by atoms with E-state index in [0.717, 1.165) is 24.0 Å². The number of hydrogen-bond acceptors (Lipinski definition) is 3. The van der Waals surface area contributed by atoms with Gasteiger partial charge in [0.2, 0.25) is 0 Å². The Balaban J connectivity index is 1.87. The Kier molecular flexibility index (Phi) is 5.52. The minimum Gasteiger partial charge on any atom is -0.462 e. The summed E-state index contributed by atoms with van der Waals surface area (Å²) >= 11 is 0. The highest BCUT2D eigenvalue weighted by Gasteiger charge is 2.38. The maximum absolute atomic E-state index is 14.8. The molecule has 0 aromatic heterocycles. The number of amides is 1. The minimum atomic E-state index is -0.440. The summed E-state index contributed by atoms with van der Waals surface area (Å²) < 4.78 is 19.8. The zero-order valence-electron chi connectivity index (χ0n) is 17.7. The van der Waals surface area contributed by atoms with Gasteiger partial charge in [0.1, 0.15) is 5.82 Å². The van der Waals surface area contributed by atoms with Gasteiger partial charge in [0, 0.05) is 5.56 Å². The molecule has 4 nitrogen and oxygen atoms in total. The lowest BCUT2D eigenvalue weighted by atomic mass is 9.63. The smallest absolute Gasteiger partial charge is 0.338 e. The number of carbonyl (C=O) groups excluding carboxylic acids is 2. The molecule has 2 aromatic carbocycles. The van der Waals surface area contributed by atoms with Crippen LogP contribution < -0.4 is 5.32 Å². The molecule has 0 spiro atoms. The Morgan fingerprint density at radius 3 is 2.03 bits per heavy atom. The number of fused-ring (bicyclic) bond motifs is 1. The van der Waals surface area contributed by atoms with Gasteiger partial charge in [0.05, 0.1) is 17.9 Å². The highest BCUT2D eigenvalue weighted by Crippen LogP contribution is 2.47. The molecule has 1 aliphatic rings. The molecule has 2 aromatic rings. The Morgan fingerprint density at radius 2 is 1.48 bits per heavy atom. The molecule has 0 atom stereocenters. The fourth-order valence-electron chi connectivity index (χ4n) is 3.85. The summed E-state index contributed by atoms with van der Waals surface area (Å²) in [6.45, 7) is 10.6. The van der Waals surface area contributed by atoms with Crippen molar-refractivity contribution in [3.63, 3.8) is 0 Å². The Bertz CT molecular complexity index is 945. The number of anilines is 1. The number of carbonyl (C=O) groups is 2. The average Bonchev–Trinajstić information content (AvgIpc) is 2.67. The van der Waals surface area contributed by atoms with Crippen LogP contribution in [0.25, 0.3) is 0 Å². The number of esters is 1. The molecule has 0 unspecified atom stereocenters. The van der Waals surface area contributed by atoms with E-state index in [2.05, 4.69) is 33.0 Å². The van der Waals surface area contributed by atoms with Crippen LogP contribution in [0.5, 0.6) is 0 Å². The quantitative estimate of drug-likeness (QED) is 0.683. The molecule has 0 saturated carbocycles. The molecule has 1 amide bonds. The summed E-state index contributed by atoms with van der Waals surface area (Å²) in [5, 5.41) is 2.69. The van der Waals surface area contributed by atoms with E-state index in [-0.39, 0.29) is 23.1 Å². The largest absolute Gasteiger partial charge is 0.462 e. The van der Waals surface area contributed by atoms with Crippen molar-refractivity contribution >= 4 is 17.6 Å². The average molecular weight is 397 g/mol. The first-order valence-electron chi connectivity index (χ1n) is 9.98. The number of halogens is 1. The monoisotopic (exact) mass is 397 g/mol. The van der Waals surface area contributed by atoms with Gasteiger partial charge in [-0.3, -0.25) is 4.79 Å². The van der Waals surface area contributed by atoms with E-state index in [1.54, 1.807) is 19.1 Å². The van der Waals surface area contributed by atoms with Crippen LogP contribution >= 0.6 is 0 Å². The van der Waals surface area contributed by atoms with E-state index >= 15 is 0 Å². The fourth-order valence-corrected chi connectivity index (χ4v) is 3.85. The first kappa shape index (κ1) is 21.0. The zero-order chi connectivity index (χ0) is 21.4. The minimum absolute atomic E-state index is 0.0840. The zero-order valence-corrected chi connectivity index (χ0v) is 17.7. The van der Waals surface area contributed by atoms with Crippen LogP contribution in [0.15, 0.2) is 36.4 Å². The third kappa shape index (κ3) is 4.19. The lowest BCUT2D eigenvalue weighted by molar-refractivity contribution is 0.0526. The SMILES string of the molecule is CCOC(=O)c1ccc(C(=O)Nc2cc3c(cc2F)C(C)(C)CCC3(C)C)cc1. The summed E-state index contributed by atoms with van der Waals surface area (Å²) in [7, 11) is 0. The standard InChI is InChI=1S/C24H28FNO3/c1-6-29-22(28)16-9-7-15(8-10-16)21(27)26-20-14-18-17(13-19(20)25)23(2,3)11-12-24(18,4)5/h7-10,13-14H,6,11-12H2,1-5H3,(H,26,27). The van der Waals surface area contributed by atoms with Gasteiger partial charge in [-0.2, -0.15) is 0 Å². The number of benzene rings is 2. The normalized spacial score (nSPS) is 16.6. The van der Waals surface area contributed by atoms with E-state index < -0.39 is 17.7 Å². The van der Waals surface area contributed by atoms with Crippen LogP contribution in [0.1, 0.15) is 79.3 Å². The van der Waals surface area contributed by atoms with Gasteiger partial charge in [-0.1, -0.05) is 27.7 Å². The van der Waals surface area contributed by atoms with Crippen molar-refractivity contribution < 1.29 is 18.7 Å². The van der Waals surface area contributed by atoms with E-state index in [1.165, 1.54) is 24.3 Å². The van der Waals surface area contributed by atoms with Crippen LogP contribution in [0.2, 0.25) is 0 Å². The summed E-state index contributed by atoms with van der Waals surface area (Å²) in [5.74, 6) is -1.30. The molecule has 1 N–H and O–H groups in total. The highest BCUT2D eigenvalue weighted by molar-refractivity contribution is 6.05. The van der Waals surface area contributed by atoms with Crippen molar-refractivity contribution in [3.8, 4) is 0 Å². The lowest BCUT2D eigenvalue weighted by Gasteiger charge is -2.42. The van der Waals surface area contributed by atoms with Crippen molar-refractivity contribution in [1.82, 2.24) is 0 Å². The fraction of sp³-hybridized carbons (Fsp3) is 0.417. The predicted octanol–water partition coefficient (Wildman–Crippen LogP) is 5.60. The molecule has 0 heterocycles. The Morgan fingerprint density at radius 1 is 0.966 bits per heavy atom. The van der Waals surface area contributed by atoms with Gasteiger partial charge >= 0.3 is 5.97 Å². The maximum atomic E-state index is 14.8. The summed E-state index contributed by atoms with van der Waals surface area (Å²) in [6.07, 6.45) is 1.99. The van der Waals surface area contributed by atoms with Crippen molar-refractivity contribution in [3.05, 3.63) is 64.5 Å². The first-order chi connectivity index (χ1) is 13.5. The molecule has 0 saturated heterocycles. The van der Waals surface area contributed by atoms with Gasteiger partial charge in [-0.05, 0) is 78.1 Å². The summed E-state index contributed by atoms with van der Waals surface area (Å²) in [4.78, 5) is 24.4. The predicted molar refractivity (Wildman–Crippen MR) is 112 cm³/mol. The molecule has 154 valence electrons. The molecule has 29 heavy (non-hydrogen) atoms. The first-order valence-corrected chi connectivity index (χ1v) is 9.98. The van der Waals surface area contributed by atoms with Gasteiger partial charge in [0.15, 0.2) is 0 Å². The molecule has 5 heteroatoms. The molecular weight excluding hydrogens is 369 g/mol. The van der Waals surface area contributed by atoms with E-state index in [1.807, 2.05) is 0 Å². The van der Waals surface area contributed by atoms with Crippen LogP contribution in [0, 0.1) is 5.82 Å². The topological polar surface area (TPSA) is 55.4 Å². The number of ether oxygens (including phenoxy) is 1. The van der Waals surface area contributed by atoms with Crippen LogP contribution in [-0.2, 0) is 15.6 Å². The molecule has 1 aliphatic carbocycles. The van der Waals surface area contributed by atoms with Crippen LogP contribution in [0.4, 0.5) is 10.1 Å². The highest BCUT2D eigenvalue weighted by atomic mass is 19.1. The van der Waals surface area contributed by atoms with Crippen molar-refractivity contribution in [1.29, 1.82) is 0 Å². The molecule has 0 radical (unpaired) electrons. The van der Waals surface area contributed by atoms with Crippen molar-refractivity contribution in [2.24, 2.45) is 0 Å². The van der Waals surface area contributed by atoms with Gasteiger partial charge < -0.3 is 10.1 Å². The van der Waals surface area contributed by atoms with Crippen molar-refractivity contribution in [2.75, 3.05) is 11.9 Å². The maximum Gasteiger partial charge on any atom is 0.338 e. The molecule has 0 aliphatic heterocycles. The van der Waals surface area contributed by atoms with E-state index in [4.69, 9.17) is 4.74 Å². The van der Waals surface area contributed by atoms with Gasteiger partial charge in [-0.15, -0.1) is 0 Å². The lowest BCUT2D eigenvalue weighted by Crippen LogP contribution is -2.34. The molecule has 0 fully saturated rings. The summed E-state index contributed by atoms with van der Waals surface area (Å²) in [5.41, 5.74) is 2.78. The Hall–Kier alpha value is -2.69. The van der Waals surface area contributed by atoms with E-state index in [9.17, 15) is 14.0 Å². The molecule has 3 rings (SSSR count). The third-order valence-corrected chi connectivity index (χ3v) is 5.85.